The predicted molar refractivity (Wildman–Crippen MR) is 93.5 cm³/mol. The summed E-state index contributed by atoms with van der Waals surface area (Å²) in [7, 11) is 1.29. The van der Waals surface area contributed by atoms with E-state index in [1.54, 1.807) is 13.1 Å². The molecule has 2 aliphatic heterocycles. The molecular weight excluding hydrogens is 369 g/mol. The zero-order valence-electron chi connectivity index (χ0n) is 14.2. The lowest BCUT2D eigenvalue weighted by atomic mass is 9.87. The molecule has 1 aromatic rings. The molecule has 0 saturated carbocycles. The lowest BCUT2D eigenvalue weighted by molar-refractivity contribution is -0.117. The van der Waals surface area contributed by atoms with Crippen molar-refractivity contribution in [3.8, 4) is 0 Å². The first-order chi connectivity index (χ1) is 11.7. The number of aryl methyl sites for hydroxylation is 1. The van der Waals surface area contributed by atoms with Gasteiger partial charge in [-0.3, -0.25) is 9.09 Å². The summed E-state index contributed by atoms with van der Waals surface area (Å²) < 4.78 is 24.0. The first-order valence-electron chi connectivity index (χ1n) is 7.94. The molecular formula is C14H22N3O6PS. The van der Waals surface area contributed by atoms with Crippen molar-refractivity contribution in [3.63, 3.8) is 0 Å². The number of aromatic nitrogens is 2. The summed E-state index contributed by atoms with van der Waals surface area (Å²) in [6.07, 6.45) is 0.710. The van der Waals surface area contributed by atoms with Crippen LogP contribution in [0.1, 0.15) is 31.6 Å². The molecule has 5 atom stereocenters. The molecule has 3 N–H and O–H groups in total. The Labute approximate surface area is 150 Å². The van der Waals surface area contributed by atoms with Crippen molar-refractivity contribution in [3.05, 3.63) is 22.2 Å². The number of nitrogen functional groups attached to an aromatic ring is 1. The highest BCUT2D eigenvalue weighted by atomic mass is 32.5. The van der Waals surface area contributed by atoms with Gasteiger partial charge in [0, 0.05) is 25.3 Å². The van der Waals surface area contributed by atoms with E-state index in [2.05, 4.69) is 4.98 Å². The Morgan fingerprint density at radius 3 is 3.00 bits per heavy atom. The fraction of sp³-hybridized carbons (Fsp3) is 0.714. The van der Waals surface area contributed by atoms with Crippen LogP contribution in [0.25, 0.3) is 0 Å². The molecule has 0 aliphatic carbocycles. The van der Waals surface area contributed by atoms with Crippen molar-refractivity contribution in [1.29, 1.82) is 0 Å². The van der Waals surface area contributed by atoms with Gasteiger partial charge in [-0.2, -0.15) is 4.98 Å². The average molecular weight is 391 g/mol. The molecule has 3 heterocycles. The standard InChI is InChI=1S/C14H22N3O6PS/c1-4-14-5-6-21-9(10(14)23-24(19,25)20-3)12(22-14)17-7-8(2)11(15)16-13(17)18/h7,9-10,12H,4-6H2,1-3H3,(H,19,25)(H2,15,16,18)/t9-,10?,12?,14?,24?/m0/s1. The van der Waals surface area contributed by atoms with Crippen LogP contribution in [0.3, 0.4) is 0 Å². The van der Waals surface area contributed by atoms with Crippen LogP contribution >= 0.6 is 6.72 Å². The molecule has 0 amide bonds. The van der Waals surface area contributed by atoms with E-state index in [9.17, 15) is 9.69 Å². The summed E-state index contributed by atoms with van der Waals surface area (Å²) in [6, 6.07) is 0. The maximum atomic E-state index is 12.3. The number of rotatable bonds is 5. The van der Waals surface area contributed by atoms with Gasteiger partial charge < -0.3 is 24.6 Å². The van der Waals surface area contributed by atoms with E-state index >= 15 is 0 Å². The highest BCUT2D eigenvalue weighted by Crippen LogP contribution is 2.54. The predicted octanol–water partition coefficient (Wildman–Crippen LogP) is 0.849. The summed E-state index contributed by atoms with van der Waals surface area (Å²) in [5.41, 5.74) is 5.08. The van der Waals surface area contributed by atoms with Gasteiger partial charge in [-0.05, 0) is 25.2 Å². The summed E-state index contributed by atoms with van der Waals surface area (Å²) in [5.74, 6) is 0.173. The van der Waals surface area contributed by atoms with E-state index in [0.29, 0.717) is 25.0 Å². The first-order valence-corrected chi connectivity index (χ1v) is 10.5. The van der Waals surface area contributed by atoms with Crippen LogP contribution in [0.5, 0.6) is 0 Å². The monoisotopic (exact) mass is 391 g/mol. The second-order valence-corrected chi connectivity index (χ2v) is 9.09. The van der Waals surface area contributed by atoms with E-state index in [-0.39, 0.29) is 5.82 Å². The minimum Gasteiger partial charge on any atom is -0.383 e. The van der Waals surface area contributed by atoms with Crippen molar-refractivity contribution in [1.82, 2.24) is 9.55 Å². The van der Waals surface area contributed by atoms with Crippen molar-refractivity contribution < 1.29 is 23.4 Å². The normalized spacial score (nSPS) is 34.0. The Balaban J connectivity index is 2.02. The number of anilines is 1. The Morgan fingerprint density at radius 1 is 1.64 bits per heavy atom. The largest absolute Gasteiger partial charge is 0.383 e. The Bertz CT molecular complexity index is 773. The fourth-order valence-corrected chi connectivity index (χ4v) is 4.31. The van der Waals surface area contributed by atoms with Crippen LogP contribution in [-0.2, 0) is 30.3 Å². The maximum absolute atomic E-state index is 12.3. The summed E-state index contributed by atoms with van der Waals surface area (Å²) >= 11 is 4.99. The van der Waals surface area contributed by atoms with Crippen molar-refractivity contribution in [2.45, 2.75) is 50.7 Å². The molecule has 11 heteroatoms. The number of fused-ring (bicyclic) bond motifs is 2. The van der Waals surface area contributed by atoms with E-state index in [1.807, 2.05) is 6.92 Å². The fourth-order valence-electron chi connectivity index (χ4n) is 3.34. The quantitative estimate of drug-likeness (QED) is 0.704. The molecule has 2 aliphatic rings. The second kappa shape index (κ2) is 6.70. The number of nitrogens with zero attached hydrogens (tertiary/aromatic N) is 2. The van der Waals surface area contributed by atoms with Gasteiger partial charge in [0.1, 0.15) is 23.6 Å². The van der Waals surface area contributed by atoms with Crippen LogP contribution in [-0.4, -0.2) is 46.0 Å². The van der Waals surface area contributed by atoms with E-state index < -0.39 is 36.4 Å². The van der Waals surface area contributed by atoms with E-state index in [0.717, 1.165) is 0 Å². The first kappa shape index (κ1) is 18.9. The number of ether oxygens (including phenoxy) is 2. The number of hydrogen-bond donors (Lipinski definition) is 2. The smallest absolute Gasteiger partial charge is 0.351 e. The van der Waals surface area contributed by atoms with Gasteiger partial charge >= 0.3 is 12.4 Å². The molecule has 0 radical (unpaired) electrons. The SMILES string of the molecule is CCC12CCO[C@H](C(n3cc(C)c(N)nc3=O)O1)C2OP(O)(=S)OC. The third-order valence-corrected chi connectivity index (χ3v) is 6.47. The molecule has 2 bridgehead atoms. The van der Waals surface area contributed by atoms with Gasteiger partial charge in [-0.15, -0.1) is 0 Å². The average Bonchev–Trinajstić information content (AvgIpc) is 2.73. The molecule has 3 rings (SSSR count). The van der Waals surface area contributed by atoms with Crippen LogP contribution < -0.4 is 11.4 Å². The third kappa shape index (κ3) is 3.28. The lowest BCUT2D eigenvalue weighted by Crippen LogP contribution is -2.49. The number of hydrogen-bond acceptors (Lipinski definition) is 8. The number of nitrogens with two attached hydrogens (primary N) is 1. The van der Waals surface area contributed by atoms with Crippen LogP contribution in [0.15, 0.2) is 11.0 Å². The van der Waals surface area contributed by atoms with Gasteiger partial charge in [-0.25, -0.2) is 4.79 Å². The molecule has 4 unspecified atom stereocenters. The lowest BCUT2D eigenvalue weighted by Gasteiger charge is -2.38. The highest BCUT2D eigenvalue weighted by molar-refractivity contribution is 8.07. The molecule has 140 valence electrons. The molecule has 2 fully saturated rings. The minimum atomic E-state index is -3.43. The van der Waals surface area contributed by atoms with E-state index in [1.165, 1.54) is 11.7 Å². The van der Waals surface area contributed by atoms with E-state index in [4.69, 9.17) is 36.1 Å². The summed E-state index contributed by atoms with van der Waals surface area (Å²) in [5, 5.41) is 0. The highest BCUT2D eigenvalue weighted by Gasteiger charge is 2.60. The van der Waals surface area contributed by atoms with Gasteiger partial charge in [0.25, 0.3) is 0 Å². The zero-order chi connectivity index (χ0) is 18.4. The third-order valence-electron chi connectivity index (χ3n) is 4.81. The molecule has 1 aromatic heterocycles. The van der Waals surface area contributed by atoms with Gasteiger partial charge in [0.2, 0.25) is 0 Å². The van der Waals surface area contributed by atoms with Gasteiger partial charge in [0.05, 0.1) is 6.61 Å². The Morgan fingerprint density at radius 2 is 2.36 bits per heavy atom. The van der Waals surface area contributed by atoms with Gasteiger partial charge in [-0.1, -0.05) is 6.92 Å². The molecule has 2 saturated heterocycles. The zero-order valence-corrected chi connectivity index (χ0v) is 16.0. The summed E-state index contributed by atoms with van der Waals surface area (Å²) in [4.78, 5) is 26.2. The van der Waals surface area contributed by atoms with Crippen molar-refractivity contribution >= 4 is 24.3 Å². The Hall–Kier alpha value is -0.870. The van der Waals surface area contributed by atoms with Crippen molar-refractivity contribution in [2.24, 2.45) is 0 Å². The molecule has 0 aromatic carbocycles. The van der Waals surface area contributed by atoms with Crippen LogP contribution in [0.2, 0.25) is 0 Å². The summed E-state index contributed by atoms with van der Waals surface area (Å²) in [6.45, 7) is 0.722. The minimum absolute atomic E-state index is 0.173. The second-order valence-electron chi connectivity index (χ2n) is 6.19. The molecule has 25 heavy (non-hydrogen) atoms. The maximum Gasteiger partial charge on any atom is 0.351 e. The van der Waals surface area contributed by atoms with Crippen molar-refractivity contribution in [2.75, 3.05) is 19.5 Å². The van der Waals surface area contributed by atoms with Crippen LogP contribution in [0, 0.1) is 6.92 Å². The topological polar surface area (TPSA) is 118 Å². The molecule has 9 nitrogen and oxygen atoms in total. The molecule has 0 spiro atoms. The van der Waals surface area contributed by atoms with Gasteiger partial charge in [0.15, 0.2) is 6.23 Å². The Kier molecular flexibility index (Phi) is 5.06. The van der Waals surface area contributed by atoms with Crippen LogP contribution in [0.4, 0.5) is 5.82 Å².